The quantitative estimate of drug-likeness (QED) is 0.391. The van der Waals surface area contributed by atoms with E-state index in [1.807, 2.05) is 24.3 Å². The number of ether oxygens (including phenoxy) is 2. The minimum absolute atomic E-state index is 0.235. The van der Waals surface area contributed by atoms with Gasteiger partial charge in [0.2, 0.25) is 5.78 Å². The summed E-state index contributed by atoms with van der Waals surface area (Å²) in [6.07, 6.45) is 1.56. The van der Waals surface area contributed by atoms with Crippen molar-refractivity contribution in [1.82, 2.24) is 9.38 Å². The van der Waals surface area contributed by atoms with E-state index in [9.17, 15) is 9.59 Å². The number of rotatable bonds is 5. The molecule has 4 aromatic rings. The fourth-order valence-corrected chi connectivity index (χ4v) is 3.28. The number of carbonyl (C=O) groups excluding carboxylic acids is 2. The molecule has 0 spiro atoms. The van der Waals surface area contributed by atoms with Gasteiger partial charge in [-0.15, -0.1) is 0 Å². The zero-order valence-corrected chi connectivity index (χ0v) is 15.5. The molecule has 2 aromatic heterocycles. The molecule has 6 nitrogen and oxygen atoms in total. The van der Waals surface area contributed by atoms with E-state index in [2.05, 4.69) is 4.98 Å². The number of fused-ring (bicyclic) bond motifs is 3. The van der Waals surface area contributed by atoms with Crippen LogP contribution in [0.5, 0.6) is 5.75 Å². The molecule has 2 aromatic carbocycles. The Kier molecular flexibility index (Phi) is 4.53. The van der Waals surface area contributed by atoms with Crippen molar-refractivity contribution < 1.29 is 19.1 Å². The van der Waals surface area contributed by atoms with E-state index in [1.165, 1.54) is 0 Å². The molecule has 0 radical (unpaired) electrons. The highest BCUT2D eigenvalue weighted by molar-refractivity contribution is 6.14. The number of esters is 1. The van der Waals surface area contributed by atoms with E-state index in [0.29, 0.717) is 28.1 Å². The number of hydrogen-bond acceptors (Lipinski definition) is 5. The van der Waals surface area contributed by atoms with Crippen molar-refractivity contribution in [2.24, 2.45) is 0 Å². The Labute approximate surface area is 161 Å². The molecule has 0 aliphatic rings. The van der Waals surface area contributed by atoms with E-state index in [-0.39, 0.29) is 12.4 Å². The van der Waals surface area contributed by atoms with E-state index in [4.69, 9.17) is 9.47 Å². The zero-order chi connectivity index (χ0) is 19.7. The van der Waals surface area contributed by atoms with Gasteiger partial charge in [-0.25, -0.2) is 9.78 Å². The third-order valence-electron chi connectivity index (χ3n) is 4.57. The van der Waals surface area contributed by atoms with Crippen molar-refractivity contribution in [2.45, 2.75) is 6.92 Å². The van der Waals surface area contributed by atoms with Crippen LogP contribution in [0.25, 0.3) is 16.4 Å². The van der Waals surface area contributed by atoms with Gasteiger partial charge in [0.15, 0.2) is 0 Å². The van der Waals surface area contributed by atoms with Crippen LogP contribution in [0.2, 0.25) is 0 Å². The molecule has 4 rings (SSSR count). The SMILES string of the molecule is CCOC(=O)c1cc(C(=O)c2cccc(OC)c2)n2cnc3ccccc3c12. The first kappa shape index (κ1) is 17.7. The maximum Gasteiger partial charge on any atom is 0.340 e. The molecule has 140 valence electrons. The lowest BCUT2D eigenvalue weighted by molar-refractivity contribution is 0.0529. The Morgan fingerprint density at radius 1 is 1.07 bits per heavy atom. The van der Waals surface area contributed by atoms with Crippen molar-refractivity contribution in [3.8, 4) is 5.75 Å². The molecule has 0 fully saturated rings. The van der Waals surface area contributed by atoms with Crippen molar-refractivity contribution in [2.75, 3.05) is 13.7 Å². The van der Waals surface area contributed by atoms with Gasteiger partial charge < -0.3 is 9.47 Å². The summed E-state index contributed by atoms with van der Waals surface area (Å²) < 4.78 is 12.1. The smallest absolute Gasteiger partial charge is 0.340 e. The molecule has 0 atom stereocenters. The Bertz CT molecular complexity index is 1210. The van der Waals surface area contributed by atoms with Crippen LogP contribution < -0.4 is 4.74 Å². The van der Waals surface area contributed by atoms with Gasteiger partial charge in [-0.2, -0.15) is 0 Å². The Balaban J connectivity index is 1.97. The number of benzene rings is 2. The molecule has 0 aliphatic carbocycles. The maximum absolute atomic E-state index is 13.2. The highest BCUT2D eigenvalue weighted by Gasteiger charge is 2.23. The van der Waals surface area contributed by atoms with Gasteiger partial charge in [-0.3, -0.25) is 9.20 Å². The number of para-hydroxylation sites is 1. The molecule has 6 heteroatoms. The van der Waals surface area contributed by atoms with Gasteiger partial charge in [0.25, 0.3) is 0 Å². The van der Waals surface area contributed by atoms with Gasteiger partial charge in [-0.1, -0.05) is 30.3 Å². The normalized spacial score (nSPS) is 10.9. The molecule has 0 unspecified atom stereocenters. The van der Waals surface area contributed by atoms with E-state index < -0.39 is 5.97 Å². The predicted molar refractivity (Wildman–Crippen MR) is 105 cm³/mol. The fourth-order valence-electron chi connectivity index (χ4n) is 3.28. The number of carbonyl (C=O) groups is 2. The minimum atomic E-state index is -0.471. The van der Waals surface area contributed by atoms with Crippen molar-refractivity contribution in [3.63, 3.8) is 0 Å². The highest BCUT2D eigenvalue weighted by atomic mass is 16.5. The summed E-state index contributed by atoms with van der Waals surface area (Å²) in [5, 5.41) is 0.776. The summed E-state index contributed by atoms with van der Waals surface area (Å²) in [7, 11) is 1.55. The number of hydrogen-bond donors (Lipinski definition) is 0. The Hall–Kier alpha value is -3.67. The number of nitrogens with zero attached hydrogens (tertiary/aromatic N) is 2. The van der Waals surface area contributed by atoms with Crippen molar-refractivity contribution in [3.05, 3.63) is 77.7 Å². The first-order valence-corrected chi connectivity index (χ1v) is 8.88. The van der Waals surface area contributed by atoms with Gasteiger partial charge >= 0.3 is 5.97 Å². The molecule has 0 N–H and O–H groups in total. The predicted octanol–water partition coefficient (Wildman–Crippen LogP) is 3.90. The zero-order valence-electron chi connectivity index (χ0n) is 15.5. The van der Waals surface area contributed by atoms with Gasteiger partial charge in [0.1, 0.15) is 12.1 Å². The van der Waals surface area contributed by atoms with Crippen LogP contribution in [-0.4, -0.2) is 34.9 Å². The second kappa shape index (κ2) is 7.15. The summed E-state index contributed by atoms with van der Waals surface area (Å²) >= 11 is 0. The van der Waals surface area contributed by atoms with E-state index >= 15 is 0 Å². The van der Waals surface area contributed by atoms with Crippen molar-refractivity contribution >= 4 is 28.2 Å². The largest absolute Gasteiger partial charge is 0.497 e. The van der Waals surface area contributed by atoms with E-state index in [0.717, 1.165) is 10.9 Å². The molecule has 28 heavy (non-hydrogen) atoms. The molecule has 0 aliphatic heterocycles. The number of aromatic nitrogens is 2. The average Bonchev–Trinajstić information content (AvgIpc) is 3.13. The van der Waals surface area contributed by atoms with Crippen LogP contribution in [0.3, 0.4) is 0 Å². The first-order chi connectivity index (χ1) is 13.6. The van der Waals surface area contributed by atoms with Crippen molar-refractivity contribution in [1.29, 1.82) is 0 Å². The standard InChI is InChI=1S/C22H18N2O4/c1-3-28-22(26)17-12-19(21(25)14-7-6-8-15(11-14)27-2)24-13-23-18-10-5-4-9-16(18)20(17)24/h4-13H,3H2,1-2H3. The number of methoxy groups -OCH3 is 1. The molecule has 0 saturated heterocycles. The summed E-state index contributed by atoms with van der Waals surface area (Å²) in [6.45, 7) is 2.00. The van der Waals surface area contributed by atoms with Crippen LogP contribution in [-0.2, 0) is 4.74 Å². The topological polar surface area (TPSA) is 69.9 Å². The monoisotopic (exact) mass is 374 g/mol. The van der Waals surface area contributed by atoms with Gasteiger partial charge in [-0.05, 0) is 31.2 Å². The van der Waals surface area contributed by atoms with Gasteiger partial charge in [0.05, 0.1) is 36.0 Å². The highest BCUT2D eigenvalue weighted by Crippen LogP contribution is 2.27. The first-order valence-electron chi connectivity index (χ1n) is 8.88. The van der Waals surface area contributed by atoms with Crippen LogP contribution in [0, 0.1) is 0 Å². The fraction of sp³-hybridized carbons (Fsp3) is 0.136. The maximum atomic E-state index is 13.2. The summed E-state index contributed by atoms with van der Waals surface area (Å²) in [5.41, 5.74) is 2.48. The van der Waals surface area contributed by atoms with Gasteiger partial charge in [0, 0.05) is 10.9 Å². The van der Waals surface area contributed by atoms with Crippen LogP contribution in [0.15, 0.2) is 60.9 Å². The molecule has 0 amide bonds. The minimum Gasteiger partial charge on any atom is -0.497 e. The molecule has 0 saturated carbocycles. The lowest BCUT2D eigenvalue weighted by Gasteiger charge is -2.06. The third-order valence-corrected chi connectivity index (χ3v) is 4.57. The number of ketones is 1. The molecular formula is C22H18N2O4. The van der Waals surface area contributed by atoms with E-state index in [1.54, 1.807) is 55.1 Å². The van der Waals surface area contributed by atoms with Crippen LogP contribution in [0.1, 0.15) is 33.3 Å². The Morgan fingerprint density at radius 3 is 2.68 bits per heavy atom. The second-order valence-corrected chi connectivity index (χ2v) is 6.21. The molecule has 2 heterocycles. The third kappa shape index (κ3) is 2.89. The molecular weight excluding hydrogens is 356 g/mol. The molecule has 0 bridgehead atoms. The second-order valence-electron chi connectivity index (χ2n) is 6.21. The summed E-state index contributed by atoms with van der Waals surface area (Å²) in [5.74, 6) is -0.122. The van der Waals surface area contributed by atoms with Crippen LogP contribution in [0.4, 0.5) is 0 Å². The lowest BCUT2D eigenvalue weighted by Crippen LogP contribution is -2.06. The average molecular weight is 374 g/mol. The summed E-state index contributed by atoms with van der Waals surface area (Å²) in [6, 6.07) is 16.0. The lowest BCUT2D eigenvalue weighted by atomic mass is 10.1. The Morgan fingerprint density at radius 2 is 1.89 bits per heavy atom. The summed E-state index contributed by atoms with van der Waals surface area (Å²) in [4.78, 5) is 30.2. The van der Waals surface area contributed by atoms with Crippen LogP contribution >= 0.6 is 0 Å².